The van der Waals surface area contributed by atoms with Crippen LogP contribution in [0.4, 0.5) is 0 Å². The lowest BCUT2D eigenvalue weighted by Gasteiger charge is -1.94. The summed E-state index contributed by atoms with van der Waals surface area (Å²) in [5.41, 5.74) is 0.331. The highest BCUT2D eigenvalue weighted by molar-refractivity contribution is 5.87. The first-order valence-electron chi connectivity index (χ1n) is 4.72. The van der Waals surface area contributed by atoms with Crippen molar-refractivity contribution in [3.63, 3.8) is 0 Å². The maximum atomic E-state index is 10.2. The molecule has 0 aromatic heterocycles. The van der Waals surface area contributed by atoms with Crippen LogP contribution in [0.2, 0.25) is 0 Å². The topological polar surface area (TPSA) is 77.8 Å². The molecule has 0 amide bonds. The zero-order valence-corrected chi connectivity index (χ0v) is 8.63. The summed E-state index contributed by atoms with van der Waals surface area (Å²) in [7, 11) is 0. The second-order valence-corrected chi connectivity index (χ2v) is 2.94. The van der Waals surface area contributed by atoms with Gasteiger partial charge in [-0.3, -0.25) is 0 Å². The number of carbonyl (C=O) groups is 1. The van der Waals surface area contributed by atoms with E-state index in [-0.39, 0.29) is 0 Å². The van der Waals surface area contributed by atoms with Gasteiger partial charge in [0.05, 0.1) is 5.56 Å². The van der Waals surface area contributed by atoms with E-state index >= 15 is 0 Å². The van der Waals surface area contributed by atoms with Crippen LogP contribution in [0.25, 0.3) is 0 Å². The lowest BCUT2D eigenvalue weighted by atomic mass is 10.2. The normalized spacial score (nSPS) is 9.33. The third kappa shape index (κ3) is 7.66. The molecule has 1 rings (SSSR count). The zero-order chi connectivity index (χ0) is 11.7. The molecule has 0 fully saturated rings. The standard InChI is InChI=1S/C7H6O2.C4H10O2/c8-7(9)6-4-2-1-3-5-6;1-2-3-4(5)6/h1-5H,(H,8,9);4-6H,2-3H2,1H3. The van der Waals surface area contributed by atoms with Gasteiger partial charge in [-0.1, -0.05) is 31.5 Å². The van der Waals surface area contributed by atoms with E-state index in [0.29, 0.717) is 12.0 Å². The quantitative estimate of drug-likeness (QED) is 0.663. The molecule has 3 N–H and O–H groups in total. The van der Waals surface area contributed by atoms with Gasteiger partial charge in [-0.2, -0.15) is 0 Å². The van der Waals surface area contributed by atoms with E-state index in [2.05, 4.69) is 0 Å². The molecule has 0 radical (unpaired) electrons. The van der Waals surface area contributed by atoms with Crippen molar-refractivity contribution in [2.45, 2.75) is 26.1 Å². The van der Waals surface area contributed by atoms with Crippen molar-refractivity contribution in [1.82, 2.24) is 0 Å². The van der Waals surface area contributed by atoms with Crippen molar-refractivity contribution in [2.75, 3.05) is 0 Å². The third-order valence-electron chi connectivity index (χ3n) is 1.57. The number of rotatable bonds is 3. The van der Waals surface area contributed by atoms with E-state index in [0.717, 1.165) is 6.42 Å². The second-order valence-electron chi connectivity index (χ2n) is 2.94. The molecular formula is C11H16O4. The predicted molar refractivity (Wildman–Crippen MR) is 56.5 cm³/mol. The summed E-state index contributed by atoms with van der Waals surface area (Å²) in [4.78, 5) is 10.2. The van der Waals surface area contributed by atoms with E-state index < -0.39 is 12.3 Å². The first kappa shape index (κ1) is 13.6. The van der Waals surface area contributed by atoms with Crippen molar-refractivity contribution in [2.24, 2.45) is 0 Å². The number of hydrogen-bond donors (Lipinski definition) is 3. The molecule has 0 spiro atoms. The van der Waals surface area contributed by atoms with Crippen molar-refractivity contribution >= 4 is 5.97 Å². The van der Waals surface area contributed by atoms with Gasteiger partial charge in [0.2, 0.25) is 0 Å². The van der Waals surface area contributed by atoms with E-state index in [9.17, 15) is 4.79 Å². The maximum absolute atomic E-state index is 10.2. The van der Waals surface area contributed by atoms with Gasteiger partial charge in [-0.05, 0) is 18.6 Å². The molecule has 0 saturated heterocycles. The summed E-state index contributed by atoms with van der Waals surface area (Å²) in [5, 5.41) is 24.6. The highest BCUT2D eigenvalue weighted by atomic mass is 16.5. The molecule has 0 aliphatic carbocycles. The lowest BCUT2D eigenvalue weighted by Crippen LogP contribution is -2.01. The van der Waals surface area contributed by atoms with Crippen molar-refractivity contribution < 1.29 is 20.1 Å². The van der Waals surface area contributed by atoms with Crippen LogP contribution in [0.15, 0.2) is 30.3 Å². The Morgan fingerprint density at radius 3 is 2.00 bits per heavy atom. The van der Waals surface area contributed by atoms with Gasteiger partial charge in [0.25, 0.3) is 0 Å². The largest absolute Gasteiger partial charge is 0.478 e. The summed E-state index contributed by atoms with van der Waals surface area (Å²) in [6.07, 6.45) is 0.215. The zero-order valence-electron chi connectivity index (χ0n) is 8.63. The molecule has 0 heterocycles. The molecule has 15 heavy (non-hydrogen) atoms. The number of carboxylic acid groups (broad SMARTS) is 1. The number of carboxylic acids is 1. The van der Waals surface area contributed by atoms with Crippen LogP contribution < -0.4 is 0 Å². The smallest absolute Gasteiger partial charge is 0.335 e. The van der Waals surface area contributed by atoms with Crippen LogP contribution >= 0.6 is 0 Å². The fraction of sp³-hybridized carbons (Fsp3) is 0.364. The number of hydrogen-bond acceptors (Lipinski definition) is 3. The summed E-state index contributed by atoms with van der Waals surface area (Å²) >= 11 is 0. The first-order valence-corrected chi connectivity index (χ1v) is 4.72. The molecule has 4 heteroatoms. The number of aliphatic hydroxyl groups is 2. The van der Waals surface area contributed by atoms with Crippen LogP contribution in [0.3, 0.4) is 0 Å². The van der Waals surface area contributed by atoms with Gasteiger partial charge >= 0.3 is 5.97 Å². The van der Waals surface area contributed by atoms with E-state index in [4.69, 9.17) is 15.3 Å². The molecule has 0 aliphatic rings. The van der Waals surface area contributed by atoms with Crippen molar-refractivity contribution in [3.8, 4) is 0 Å². The fourth-order valence-electron chi connectivity index (χ4n) is 0.839. The molecule has 1 aromatic rings. The molecule has 84 valence electrons. The Hall–Kier alpha value is -1.39. The van der Waals surface area contributed by atoms with Crippen LogP contribution in [0.1, 0.15) is 30.1 Å². The van der Waals surface area contributed by atoms with Crippen LogP contribution in [-0.2, 0) is 0 Å². The van der Waals surface area contributed by atoms with Gasteiger partial charge in [-0.25, -0.2) is 4.79 Å². The molecule has 0 unspecified atom stereocenters. The number of benzene rings is 1. The summed E-state index contributed by atoms with van der Waals surface area (Å²) in [6.45, 7) is 1.90. The van der Waals surface area contributed by atoms with Crippen LogP contribution in [-0.4, -0.2) is 27.6 Å². The Morgan fingerprint density at radius 2 is 1.80 bits per heavy atom. The van der Waals surface area contributed by atoms with E-state index in [1.807, 2.05) is 6.92 Å². The monoisotopic (exact) mass is 212 g/mol. The molecule has 1 aromatic carbocycles. The van der Waals surface area contributed by atoms with Gasteiger partial charge in [0.1, 0.15) is 0 Å². The second kappa shape index (κ2) is 7.96. The average molecular weight is 212 g/mol. The Morgan fingerprint density at radius 1 is 1.27 bits per heavy atom. The van der Waals surface area contributed by atoms with Gasteiger partial charge in [0, 0.05) is 0 Å². The van der Waals surface area contributed by atoms with Crippen molar-refractivity contribution in [1.29, 1.82) is 0 Å². The number of aliphatic hydroxyl groups excluding tert-OH is 1. The molecular weight excluding hydrogens is 196 g/mol. The highest BCUT2D eigenvalue weighted by Crippen LogP contribution is 1.96. The Balaban J connectivity index is 0.000000288. The van der Waals surface area contributed by atoms with E-state index in [1.165, 1.54) is 0 Å². The highest BCUT2D eigenvalue weighted by Gasteiger charge is 1.96. The third-order valence-corrected chi connectivity index (χ3v) is 1.57. The molecule has 0 bridgehead atoms. The van der Waals surface area contributed by atoms with Gasteiger partial charge in [0.15, 0.2) is 6.29 Å². The van der Waals surface area contributed by atoms with Crippen LogP contribution in [0, 0.1) is 0 Å². The van der Waals surface area contributed by atoms with E-state index in [1.54, 1.807) is 30.3 Å². The SMILES string of the molecule is CCCC(O)O.O=C(O)c1ccccc1. The Bertz CT molecular complexity index is 269. The average Bonchev–Trinajstić information content (AvgIpc) is 2.20. The molecule has 0 aliphatic heterocycles. The first-order chi connectivity index (χ1) is 7.07. The summed E-state index contributed by atoms with van der Waals surface area (Å²) < 4.78 is 0. The van der Waals surface area contributed by atoms with Crippen molar-refractivity contribution in [3.05, 3.63) is 35.9 Å². The maximum Gasteiger partial charge on any atom is 0.335 e. The molecule has 0 atom stereocenters. The summed E-state index contributed by atoms with van der Waals surface area (Å²) in [5.74, 6) is -0.879. The lowest BCUT2D eigenvalue weighted by molar-refractivity contribution is -0.0453. The molecule has 4 nitrogen and oxygen atoms in total. The van der Waals surface area contributed by atoms with Gasteiger partial charge < -0.3 is 15.3 Å². The predicted octanol–water partition coefficient (Wildman–Crippen LogP) is 1.48. The fourth-order valence-corrected chi connectivity index (χ4v) is 0.839. The summed E-state index contributed by atoms with van der Waals surface area (Å²) in [6, 6.07) is 8.30. The minimum absolute atomic E-state index is 0.331. The van der Waals surface area contributed by atoms with Crippen LogP contribution in [0.5, 0.6) is 0 Å². The minimum atomic E-state index is -1.10. The Kier molecular flexibility index (Phi) is 7.23. The minimum Gasteiger partial charge on any atom is -0.478 e. The Labute approximate surface area is 88.8 Å². The van der Waals surface area contributed by atoms with Gasteiger partial charge in [-0.15, -0.1) is 0 Å². The molecule has 0 saturated carbocycles. The number of aromatic carboxylic acids is 1.